The molecular weight excluding hydrogens is 272 g/mol. The summed E-state index contributed by atoms with van der Waals surface area (Å²) >= 11 is 0. The molecule has 0 aromatic carbocycles. The Morgan fingerprint density at radius 1 is 1.05 bits per heavy atom. The standard InChI is InChI=1S/C9H22O3Si.C5H12N2/c1-5-9-13(10-6-2,11-7-3)12-8-4;1-2-3-5(7)4-6/h5-9H2,1-4H3;2,5H,1,3-4,6-7H2. The van der Waals surface area contributed by atoms with Crippen molar-refractivity contribution in [3.05, 3.63) is 12.7 Å². The van der Waals surface area contributed by atoms with E-state index in [0.717, 1.165) is 18.9 Å². The van der Waals surface area contributed by atoms with Gasteiger partial charge in [-0.2, -0.15) is 0 Å². The molecule has 0 aliphatic heterocycles. The molecule has 5 nitrogen and oxygen atoms in total. The summed E-state index contributed by atoms with van der Waals surface area (Å²) in [5.41, 5.74) is 10.6. The van der Waals surface area contributed by atoms with Crippen LogP contribution in [-0.4, -0.2) is 41.2 Å². The molecule has 0 fully saturated rings. The van der Waals surface area contributed by atoms with Gasteiger partial charge in [-0.3, -0.25) is 0 Å². The minimum atomic E-state index is -2.30. The molecule has 122 valence electrons. The van der Waals surface area contributed by atoms with Gasteiger partial charge >= 0.3 is 8.80 Å². The minimum absolute atomic E-state index is 0.109. The van der Waals surface area contributed by atoms with Crippen molar-refractivity contribution in [1.29, 1.82) is 0 Å². The maximum atomic E-state index is 5.65. The Balaban J connectivity index is 0. The lowest BCUT2D eigenvalue weighted by Crippen LogP contribution is -2.45. The molecule has 0 amide bonds. The maximum Gasteiger partial charge on any atom is 0.500 e. The Bertz CT molecular complexity index is 189. The van der Waals surface area contributed by atoms with E-state index < -0.39 is 8.80 Å². The Morgan fingerprint density at radius 3 is 1.70 bits per heavy atom. The summed E-state index contributed by atoms with van der Waals surface area (Å²) in [6.07, 6.45) is 3.64. The van der Waals surface area contributed by atoms with E-state index in [-0.39, 0.29) is 6.04 Å². The summed E-state index contributed by atoms with van der Waals surface area (Å²) < 4.78 is 16.9. The SMILES string of the molecule is C=CCC(N)CN.CCC[Si](OCC)(OCC)OCC. The van der Waals surface area contributed by atoms with Gasteiger partial charge in [0.25, 0.3) is 0 Å². The van der Waals surface area contributed by atoms with Crippen LogP contribution in [0.15, 0.2) is 12.7 Å². The second kappa shape index (κ2) is 15.2. The summed E-state index contributed by atoms with van der Waals surface area (Å²) in [5.74, 6) is 0. The van der Waals surface area contributed by atoms with Crippen molar-refractivity contribution in [1.82, 2.24) is 0 Å². The Morgan fingerprint density at radius 2 is 1.50 bits per heavy atom. The molecule has 20 heavy (non-hydrogen) atoms. The van der Waals surface area contributed by atoms with Crippen LogP contribution in [0.25, 0.3) is 0 Å². The lowest BCUT2D eigenvalue weighted by Gasteiger charge is -2.27. The van der Waals surface area contributed by atoms with Gasteiger partial charge in [-0.1, -0.05) is 19.4 Å². The van der Waals surface area contributed by atoms with Crippen LogP contribution < -0.4 is 11.5 Å². The summed E-state index contributed by atoms with van der Waals surface area (Å²) in [6.45, 7) is 14.1. The molecule has 0 heterocycles. The monoisotopic (exact) mass is 306 g/mol. The highest BCUT2D eigenvalue weighted by atomic mass is 28.4. The Kier molecular flexibility index (Phi) is 16.7. The summed E-state index contributed by atoms with van der Waals surface area (Å²) in [5, 5.41) is 0. The molecule has 0 rings (SSSR count). The van der Waals surface area contributed by atoms with Gasteiger partial charge in [0, 0.05) is 38.5 Å². The van der Waals surface area contributed by atoms with Crippen molar-refractivity contribution >= 4 is 8.80 Å². The van der Waals surface area contributed by atoms with Crippen LogP contribution in [-0.2, 0) is 13.3 Å². The molecule has 0 radical (unpaired) electrons. The fraction of sp³-hybridized carbons (Fsp3) is 0.857. The lowest BCUT2D eigenvalue weighted by molar-refractivity contribution is 0.0712. The molecule has 4 N–H and O–H groups in total. The van der Waals surface area contributed by atoms with Crippen molar-refractivity contribution in [3.8, 4) is 0 Å². The summed E-state index contributed by atoms with van der Waals surface area (Å²) in [6, 6.07) is 1.03. The first-order chi connectivity index (χ1) is 9.55. The zero-order chi connectivity index (χ0) is 15.9. The van der Waals surface area contributed by atoms with Gasteiger partial charge < -0.3 is 24.7 Å². The van der Waals surface area contributed by atoms with Gasteiger partial charge in [0.2, 0.25) is 0 Å². The van der Waals surface area contributed by atoms with Gasteiger partial charge in [-0.05, 0) is 27.2 Å². The van der Waals surface area contributed by atoms with Gasteiger partial charge in [-0.25, -0.2) is 0 Å². The average Bonchev–Trinajstić information content (AvgIpc) is 2.41. The van der Waals surface area contributed by atoms with Crippen molar-refractivity contribution in [2.75, 3.05) is 26.4 Å². The predicted molar refractivity (Wildman–Crippen MR) is 87.6 cm³/mol. The van der Waals surface area contributed by atoms with E-state index in [2.05, 4.69) is 13.5 Å². The van der Waals surface area contributed by atoms with Gasteiger partial charge in [-0.15, -0.1) is 6.58 Å². The summed E-state index contributed by atoms with van der Waals surface area (Å²) in [4.78, 5) is 0. The highest BCUT2D eigenvalue weighted by molar-refractivity contribution is 6.60. The predicted octanol–water partition coefficient (Wildman–Crippen LogP) is 2.29. The molecule has 6 heteroatoms. The molecule has 0 aliphatic carbocycles. The van der Waals surface area contributed by atoms with Crippen molar-refractivity contribution in [2.24, 2.45) is 11.5 Å². The lowest BCUT2D eigenvalue weighted by atomic mass is 10.2. The molecule has 0 aliphatic rings. The van der Waals surface area contributed by atoms with E-state index in [9.17, 15) is 0 Å². The topological polar surface area (TPSA) is 79.7 Å². The van der Waals surface area contributed by atoms with Crippen LogP contribution in [0, 0.1) is 0 Å². The first-order valence-corrected chi connectivity index (χ1v) is 9.47. The first kappa shape index (κ1) is 22.0. The van der Waals surface area contributed by atoms with Crippen molar-refractivity contribution < 1.29 is 13.3 Å². The smallest absolute Gasteiger partial charge is 0.374 e. The van der Waals surface area contributed by atoms with E-state index in [1.165, 1.54) is 0 Å². The Hall–Kier alpha value is -0.243. The fourth-order valence-corrected chi connectivity index (χ4v) is 4.23. The third kappa shape index (κ3) is 11.6. The zero-order valence-electron chi connectivity index (χ0n) is 13.7. The van der Waals surface area contributed by atoms with Crippen LogP contribution in [0.5, 0.6) is 0 Å². The van der Waals surface area contributed by atoms with Gasteiger partial charge in [0.15, 0.2) is 0 Å². The van der Waals surface area contributed by atoms with E-state index >= 15 is 0 Å². The van der Waals surface area contributed by atoms with Gasteiger partial charge in [0.05, 0.1) is 0 Å². The molecule has 0 spiro atoms. The molecule has 0 aromatic rings. The van der Waals surface area contributed by atoms with Crippen LogP contribution in [0.1, 0.15) is 40.5 Å². The highest BCUT2D eigenvalue weighted by Crippen LogP contribution is 2.17. The molecule has 0 aromatic heterocycles. The average molecular weight is 307 g/mol. The van der Waals surface area contributed by atoms with Crippen molar-refractivity contribution in [3.63, 3.8) is 0 Å². The van der Waals surface area contributed by atoms with E-state index in [4.69, 9.17) is 24.7 Å². The van der Waals surface area contributed by atoms with Gasteiger partial charge in [0.1, 0.15) is 0 Å². The number of hydrogen-bond donors (Lipinski definition) is 2. The van der Waals surface area contributed by atoms with E-state index in [0.29, 0.717) is 26.4 Å². The molecule has 1 atom stereocenters. The molecule has 0 bridgehead atoms. The second-order valence-electron chi connectivity index (χ2n) is 4.25. The van der Waals surface area contributed by atoms with Crippen LogP contribution in [0.4, 0.5) is 0 Å². The molecule has 1 unspecified atom stereocenters. The van der Waals surface area contributed by atoms with E-state index in [1.807, 2.05) is 20.8 Å². The van der Waals surface area contributed by atoms with Crippen LogP contribution in [0.2, 0.25) is 6.04 Å². The zero-order valence-corrected chi connectivity index (χ0v) is 14.7. The van der Waals surface area contributed by atoms with E-state index in [1.54, 1.807) is 6.08 Å². The normalized spacial score (nSPS) is 12.5. The first-order valence-electron chi connectivity index (χ1n) is 7.53. The third-order valence-electron chi connectivity index (χ3n) is 2.42. The summed E-state index contributed by atoms with van der Waals surface area (Å²) in [7, 11) is -2.30. The largest absolute Gasteiger partial charge is 0.500 e. The highest BCUT2D eigenvalue weighted by Gasteiger charge is 2.38. The number of hydrogen-bond acceptors (Lipinski definition) is 5. The minimum Gasteiger partial charge on any atom is -0.374 e. The number of rotatable bonds is 11. The molecule has 0 saturated heterocycles. The van der Waals surface area contributed by atoms with Crippen LogP contribution >= 0.6 is 0 Å². The Labute approximate surface area is 126 Å². The third-order valence-corrected chi connectivity index (χ3v) is 5.72. The number of nitrogens with two attached hydrogens (primary N) is 2. The van der Waals surface area contributed by atoms with Crippen LogP contribution in [0.3, 0.4) is 0 Å². The quantitative estimate of drug-likeness (QED) is 0.452. The fourth-order valence-electron chi connectivity index (χ4n) is 1.62. The second-order valence-corrected chi connectivity index (χ2v) is 6.98. The maximum absolute atomic E-state index is 5.65. The molecular formula is C14H34N2O3Si. The molecule has 0 saturated carbocycles. The van der Waals surface area contributed by atoms with Crippen molar-refractivity contribution in [2.45, 2.75) is 52.6 Å².